The van der Waals surface area contributed by atoms with E-state index in [1.807, 2.05) is 19.0 Å². The first-order valence-corrected chi connectivity index (χ1v) is 9.74. The number of nitrogens with zero attached hydrogens (tertiary/aromatic N) is 1. The van der Waals surface area contributed by atoms with E-state index in [0.29, 0.717) is 12.0 Å². The zero-order valence-corrected chi connectivity index (χ0v) is 15.9. The fraction of sp³-hybridized carbons (Fsp3) is 0.647. The SMILES string of the molecule is CO[C@@]1(c2cccc(OS(=O)(=O)C(F)(F)F)c2)CCCC[C@@H]1CN(C)C. The number of rotatable bonds is 6. The van der Waals surface area contributed by atoms with Crippen molar-refractivity contribution in [3.63, 3.8) is 0 Å². The topological polar surface area (TPSA) is 55.8 Å². The predicted molar refractivity (Wildman–Crippen MR) is 91.2 cm³/mol. The van der Waals surface area contributed by atoms with E-state index in [9.17, 15) is 21.6 Å². The summed E-state index contributed by atoms with van der Waals surface area (Å²) in [6.07, 6.45) is 3.58. The van der Waals surface area contributed by atoms with Gasteiger partial charge in [0.2, 0.25) is 0 Å². The standard InChI is InChI=1S/C17H24F3NO4S/c1-21(2)12-14-7-4-5-10-16(14,24-3)13-8-6-9-15(11-13)25-26(22,23)17(18,19)20/h6,8-9,11,14H,4-5,7,10,12H2,1-3H3/t14-,16-/m1/s1. The zero-order chi connectivity index (χ0) is 19.6. The predicted octanol–water partition coefficient (Wildman–Crippen LogP) is 3.51. The van der Waals surface area contributed by atoms with E-state index in [2.05, 4.69) is 4.18 Å². The first kappa shape index (κ1) is 21.0. The molecule has 26 heavy (non-hydrogen) atoms. The quantitative estimate of drug-likeness (QED) is 0.545. The van der Waals surface area contributed by atoms with E-state index in [-0.39, 0.29) is 11.7 Å². The van der Waals surface area contributed by atoms with Gasteiger partial charge in [-0.05, 0) is 44.6 Å². The van der Waals surface area contributed by atoms with Crippen molar-refractivity contribution in [1.29, 1.82) is 0 Å². The highest BCUT2D eigenvalue weighted by Gasteiger charge is 2.49. The van der Waals surface area contributed by atoms with Crippen LogP contribution in [0.2, 0.25) is 0 Å². The van der Waals surface area contributed by atoms with Gasteiger partial charge in [0.1, 0.15) is 5.75 Å². The Morgan fingerprint density at radius 2 is 1.96 bits per heavy atom. The molecule has 1 saturated carbocycles. The molecule has 2 atom stereocenters. The molecule has 0 spiro atoms. The highest BCUT2D eigenvalue weighted by molar-refractivity contribution is 7.88. The van der Waals surface area contributed by atoms with E-state index >= 15 is 0 Å². The highest BCUT2D eigenvalue weighted by Crippen LogP contribution is 2.45. The lowest BCUT2D eigenvalue weighted by Gasteiger charge is -2.44. The molecule has 0 radical (unpaired) electrons. The van der Waals surface area contributed by atoms with Crippen molar-refractivity contribution in [2.45, 2.75) is 36.8 Å². The van der Waals surface area contributed by atoms with Crippen LogP contribution in [0.1, 0.15) is 31.2 Å². The minimum absolute atomic E-state index is 0.130. The largest absolute Gasteiger partial charge is 0.534 e. The average molecular weight is 395 g/mol. The van der Waals surface area contributed by atoms with Crippen LogP contribution in [0.5, 0.6) is 5.75 Å². The Morgan fingerprint density at radius 1 is 1.27 bits per heavy atom. The van der Waals surface area contributed by atoms with Gasteiger partial charge in [-0.1, -0.05) is 25.0 Å². The van der Waals surface area contributed by atoms with Crippen LogP contribution in [-0.4, -0.2) is 46.6 Å². The molecule has 5 nitrogen and oxygen atoms in total. The molecule has 2 rings (SSSR count). The molecule has 0 unspecified atom stereocenters. The molecule has 0 saturated heterocycles. The van der Waals surface area contributed by atoms with Crippen molar-refractivity contribution in [2.75, 3.05) is 27.7 Å². The molecule has 1 aliphatic rings. The number of benzene rings is 1. The molecule has 1 fully saturated rings. The van der Waals surface area contributed by atoms with Crippen LogP contribution in [-0.2, 0) is 20.5 Å². The summed E-state index contributed by atoms with van der Waals surface area (Å²) in [5.74, 6) is -0.240. The summed E-state index contributed by atoms with van der Waals surface area (Å²) in [7, 11) is -0.231. The van der Waals surface area contributed by atoms with E-state index in [0.717, 1.165) is 25.8 Å². The molecule has 0 aromatic heterocycles. The lowest BCUT2D eigenvalue weighted by molar-refractivity contribution is -0.0952. The van der Waals surface area contributed by atoms with E-state index < -0.39 is 21.2 Å². The first-order valence-electron chi connectivity index (χ1n) is 8.33. The van der Waals surface area contributed by atoms with Crippen LogP contribution >= 0.6 is 0 Å². The van der Waals surface area contributed by atoms with Crippen molar-refractivity contribution in [2.24, 2.45) is 5.92 Å². The fourth-order valence-corrected chi connectivity index (χ4v) is 4.10. The van der Waals surface area contributed by atoms with Gasteiger partial charge in [0.05, 0.1) is 5.60 Å². The van der Waals surface area contributed by atoms with Gasteiger partial charge in [0, 0.05) is 19.6 Å². The van der Waals surface area contributed by atoms with Gasteiger partial charge in [-0.25, -0.2) is 0 Å². The van der Waals surface area contributed by atoms with E-state index in [4.69, 9.17) is 4.74 Å². The van der Waals surface area contributed by atoms with Gasteiger partial charge in [-0.2, -0.15) is 21.6 Å². The van der Waals surface area contributed by atoms with Gasteiger partial charge >= 0.3 is 15.6 Å². The van der Waals surface area contributed by atoms with Gasteiger partial charge in [0.15, 0.2) is 0 Å². The van der Waals surface area contributed by atoms with Crippen molar-refractivity contribution in [3.05, 3.63) is 29.8 Å². The number of ether oxygens (including phenoxy) is 1. The van der Waals surface area contributed by atoms with Crippen LogP contribution in [0.15, 0.2) is 24.3 Å². The minimum Gasteiger partial charge on any atom is -0.376 e. The molecule has 0 aliphatic heterocycles. The van der Waals surface area contributed by atoms with E-state index in [1.54, 1.807) is 13.2 Å². The van der Waals surface area contributed by atoms with E-state index in [1.165, 1.54) is 18.2 Å². The Morgan fingerprint density at radius 3 is 2.54 bits per heavy atom. The summed E-state index contributed by atoms with van der Waals surface area (Å²) in [4.78, 5) is 2.04. The molecule has 0 heterocycles. The Bertz CT molecular complexity index is 721. The Kier molecular flexibility index (Phi) is 6.24. The molecule has 9 heteroatoms. The molecule has 148 valence electrons. The maximum atomic E-state index is 12.6. The van der Waals surface area contributed by atoms with Crippen molar-refractivity contribution >= 4 is 10.1 Å². The molecule has 0 bridgehead atoms. The third-order valence-corrected chi connectivity index (χ3v) is 5.75. The molecule has 1 aromatic rings. The third-order valence-electron chi connectivity index (χ3n) is 4.77. The van der Waals surface area contributed by atoms with Crippen LogP contribution in [0, 0.1) is 5.92 Å². The highest BCUT2D eigenvalue weighted by atomic mass is 32.2. The molecule has 1 aliphatic carbocycles. The summed E-state index contributed by atoms with van der Waals surface area (Å²) in [6, 6.07) is 5.75. The summed E-state index contributed by atoms with van der Waals surface area (Å²) in [6.45, 7) is 0.750. The first-order chi connectivity index (χ1) is 12.0. The Balaban J connectivity index is 2.39. The second-order valence-electron chi connectivity index (χ2n) is 6.81. The second-order valence-corrected chi connectivity index (χ2v) is 8.35. The van der Waals surface area contributed by atoms with Gasteiger partial charge in [0.25, 0.3) is 0 Å². The van der Waals surface area contributed by atoms with Crippen molar-refractivity contribution in [3.8, 4) is 5.75 Å². The number of hydrogen-bond acceptors (Lipinski definition) is 5. The molecular weight excluding hydrogens is 371 g/mol. The minimum atomic E-state index is -5.71. The number of alkyl halides is 3. The second kappa shape index (κ2) is 7.74. The van der Waals surface area contributed by atoms with Gasteiger partial charge in [-0.3, -0.25) is 0 Å². The zero-order valence-electron chi connectivity index (χ0n) is 15.0. The van der Waals surface area contributed by atoms with Crippen LogP contribution in [0.4, 0.5) is 13.2 Å². The number of halogens is 3. The lowest BCUT2D eigenvalue weighted by atomic mass is 9.71. The summed E-state index contributed by atoms with van der Waals surface area (Å²) in [5, 5.41) is 0. The fourth-order valence-electron chi connectivity index (χ4n) is 3.65. The van der Waals surface area contributed by atoms with Gasteiger partial charge < -0.3 is 13.8 Å². The number of hydrogen-bond donors (Lipinski definition) is 0. The molecule has 0 N–H and O–H groups in total. The van der Waals surface area contributed by atoms with Crippen molar-refractivity contribution < 1.29 is 30.5 Å². The summed E-state index contributed by atoms with van der Waals surface area (Å²) < 4.78 is 70.5. The smallest absolute Gasteiger partial charge is 0.376 e. The van der Waals surface area contributed by atoms with Crippen LogP contribution in [0.3, 0.4) is 0 Å². The molecule has 1 aromatic carbocycles. The van der Waals surface area contributed by atoms with Crippen LogP contribution < -0.4 is 4.18 Å². The molecular formula is C17H24F3NO4S. The lowest BCUT2D eigenvalue weighted by Crippen LogP contribution is -2.44. The van der Waals surface area contributed by atoms with Gasteiger partial charge in [-0.15, -0.1) is 0 Å². The maximum Gasteiger partial charge on any atom is 0.534 e. The average Bonchev–Trinajstić information content (AvgIpc) is 2.54. The molecule has 0 amide bonds. The Labute approximate surface area is 152 Å². The normalized spacial score (nSPS) is 24.7. The summed E-state index contributed by atoms with van der Waals surface area (Å²) in [5.41, 5.74) is -5.54. The third kappa shape index (κ3) is 4.32. The van der Waals surface area contributed by atoms with Crippen molar-refractivity contribution in [1.82, 2.24) is 4.90 Å². The summed E-state index contributed by atoms with van der Waals surface area (Å²) >= 11 is 0. The van der Waals surface area contributed by atoms with Crippen LogP contribution in [0.25, 0.3) is 0 Å². The maximum absolute atomic E-state index is 12.6. The monoisotopic (exact) mass is 395 g/mol. The Hall–Kier alpha value is -1.32. The number of methoxy groups -OCH3 is 1.